The molecule has 1 aromatic rings. The summed E-state index contributed by atoms with van der Waals surface area (Å²) >= 11 is 0. The lowest BCUT2D eigenvalue weighted by atomic mass is 9.99. The zero-order valence-corrected chi connectivity index (χ0v) is 12.8. The number of nitrogens with zero attached hydrogens (tertiary/aromatic N) is 1. The molecule has 1 fully saturated rings. The Morgan fingerprint density at radius 1 is 1.10 bits per heavy atom. The molecular formula is C18H28N2. The van der Waals surface area contributed by atoms with Crippen LogP contribution >= 0.6 is 0 Å². The summed E-state index contributed by atoms with van der Waals surface area (Å²) < 4.78 is 0. The number of hydrogen-bond acceptors (Lipinski definition) is 2. The summed E-state index contributed by atoms with van der Waals surface area (Å²) in [6, 6.07) is 7.80. The first-order valence-corrected chi connectivity index (χ1v) is 8.39. The van der Waals surface area contributed by atoms with Crippen LogP contribution in [0.3, 0.4) is 0 Å². The van der Waals surface area contributed by atoms with E-state index in [1.165, 1.54) is 69.2 Å². The predicted octanol–water partition coefficient (Wildman–Crippen LogP) is 3.88. The van der Waals surface area contributed by atoms with E-state index in [2.05, 4.69) is 35.5 Å². The first kappa shape index (κ1) is 13.9. The van der Waals surface area contributed by atoms with E-state index in [9.17, 15) is 0 Å². The van der Waals surface area contributed by atoms with Crippen molar-refractivity contribution in [2.45, 2.75) is 64.0 Å². The molecule has 0 amide bonds. The van der Waals surface area contributed by atoms with Gasteiger partial charge in [0.25, 0.3) is 0 Å². The van der Waals surface area contributed by atoms with Crippen molar-refractivity contribution in [3.8, 4) is 0 Å². The predicted molar refractivity (Wildman–Crippen MR) is 86.4 cm³/mol. The van der Waals surface area contributed by atoms with Crippen molar-refractivity contribution in [3.05, 3.63) is 29.3 Å². The van der Waals surface area contributed by atoms with Crippen molar-refractivity contribution in [1.29, 1.82) is 0 Å². The molecule has 0 atom stereocenters. The highest BCUT2D eigenvalue weighted by Crippen LogP contribution is 2.27. The van der Waals surface area contributed by atoms with Crippen LogP contribution in [0.5, 0.6) is 0 Å². The number of fused-ring (bicyclic) bond motifs is 1. The minimum atomic E-state index is 0.746. The first-order valence-electron chi connectivity index (χ1n) is 8.39. The van der Waals surface area contributed by atoms with Gasteiger partial charge in [0.2, 0.25) is 0 Å². The molecule has 1 aliphatic heterocycles. The average molecular weight is 272 g/mol. The molecule has 110 valence electrons. The van der Waals surface area contributed by atoms with Gasteiger partial charge in [-0.15, -0.1) is 0 Å². The molecule has 0 saturated heterocycles. The minimum absolute atomic E-state index is 0.746. The van der Waals surface area contributed by atoms with Crippen LogP contribution in [0, 0.1) is 0 Å². The number of nitrogens with one attached hydrogen (secondary N) is 1. The second-order valence-electron chi connectivity index (χ2n) is 6.56. The number of rotatable bonds is 3. The van der Waals surface area contributed by atoms with Crippen LogP contribution < -0.4 is 10.2 Å². The van der Waals surface area contributed by atoms with Crippen LogP contribution in [0.25, 0.3) is 0 Å². The quantitative estimate of drug-likeness (QED) is 0.840. The molecule has 20 heavy (non-hydrogen) atoms. The lowest BCUT2D eigenvalue weighted by Gasteiger charge is -2.28. The van der Waals surface area contributed by atoms with E-state index in [1.807, 2.05) is 0 Å². The molecular weight excluding hydrogens is 244 g/mol. The molecule has 0 aromatic heterocycles. The van der Waals surface area contributed by atoms with Gasteiger partial charge in [-0.1, -0.05) is 37.8 Å². The number of anilines is 1. The van der Waals surface area contributed by atoms with Gasteiger partial charge in [-0.25, -0.2) is 0 Å². The third-order valence-corrected chi connectivity index (χ3v) is 4.94. The summed E-state index contributed by atoms with van der Waals surface area (Å²) in [7, 11) is 2.21. The fourth-order valence-corrected chi connectivity index (χ4v) is 3.69. The Labute approximate surface area is 123 Å². The summed E-state index contributed by atoms with van der Waals surface area (Å²) in [5.74, 6) is 0. The Balaban J connectivity index is 1.60. The van der Waals surface area contributed by atoms with Crippen LogP contribution in [0.4, 0.5) is 5.69 Å². The Morgan fingerprint density at radius 3 is 2.70 bits per heavy atom. The SMILES string of the molecule is CN1CCCc2cc(CNC3CCCCCC3)ccc21. The van der Waals surface area contributed by atoms with Gasteiger partial charge in [-0.3, -0.25) is 0 Å². The fraction of sp³-hybridized carbons (Fsp3) is 0.667. The molecule has 2 heteroatoms. The minimum Gasteiger partial charge on any atom is -0.374 e. The topological polar surface area (TPSA) is 15.3 Å². The molecule has 2 aliphatic rings. The second-order valence-corrected chi connectivity index (χ2v) is 6.56. The summed E-state index contributed by atoms with van der Waals surface area (Å²) in [5.41, 5.74) is 4.44. The average Bonchev–Trinajstić information content (AvgIpc) is 2.74. The van der Waals surface area contributed by atoms with Crippen LogP contribution in [-0.4, -0.2) is 19.6 Å². The maximum Gasteiger partial charge on any atom is 0.0396 e. The van der Waals surface area contributed by atoms with Crippen molar-refractivity contribution in [2.75, 3.05) is 18.5 Å². The Bertz CT molecular complexity index is 433. The van der Waals surface area contributed by atoms with Gasteiger partial charge in [-0.05, 0) is 42.9 Å². The molecule has 1 aliphatic carbocycles. The highest BCUT2D eigenvalue weighted by Gasteiger charge is 2.15. The molecule has 3 rings (SSSR count). The molecule has 0 spiro atoms. The lowest BCUT2D eigenvalue weighted by molar-refractivity contribution is 0.459. The summed E-state index contributed by atoms with van der Waals surface area (Å²) in [6.45, 7) is 2.24. The monoisotopic (exact) mass is 272 g/mol. The van der Waals surface area contributed by atoms with Gasteiger partial charge in [0.1, 0.15) is 0 Å². The van der Waals surface area contributed by atoms with E-state index in [4.69, 9.17) is 0 Å². The van der Waals surface area contributed by atoms with Crippen molar-refractivity contribution in [1.82, 2.24) is 5.32 Å². The van der Waals surface area contributed by atoms with Crippen molar-refractivity contribution in [2.24, 2.45) is 0 Å². The highest BCUT2D eigenvalue weighted by atomic mass is 15.1. The highest BCUT2D eigenvalue weighted by molar-refractivity contribution is 5.56. The standard InChI is InChI=1S/C18H28N2/c1-20-12-6-7-16-13-15(10-11-18(16)20)14-19-17-8-4-2-3-5-9-17/h10-11,13,17,19H,2-9,12,14H2,1H3. The van der Waals surface area contributed by atoms with E-state index in [0.717, 1.165) is 12.6 Å². The molecule has 1 aromatic carbocycles. The smallest absolute Gasteiger partial charge is 0.0396 e. The molecule has 0 radical (unpaired) electrons. The Kier molecular flexibility index (Phi) is 4.62. The van der Waals surface area contributed by atoms with Gasteiger partial charge >= 0.3 is 0 Å². The molecule has 2 nitrogen and oxygen atoms in total. The third-order valence-electron chi connectivity index (χ3n) is 4.94. The number of benzene rings is 1. The summed E-state index contributed by atoms with van der Waals surface area (Å²) in [5, 5.41) is 3.78. The van der Waals surface area contributed by atoms with E-state index < -0.39 is 0 Å². The molecule has 0 unspecified atom stereocenters. The third kappa shape index (κ3) is 3.35. The van der Waals surface area contributed by atoms with Gasteiger partial charge in [0, 0.05) is 31.9 Å². The van der Waals surface area contributed by atoms with E-state index in [0.29, 0.717) is 0 Å². The van der Waals surface area contributed by atoms with Crippen LogP contribution in [0.1, 0.15) is 56.1 Å². The second kappa shape index (κ2) is 6.62. The van der Waals surface area contributed by atoms with Crippen molar-refractivity contribution in [3.63, 3.8) is 0 Å². The molecule has 1 saturated carbocycles. The summed E-state index contributed by atoms with van der Waals surface area (Å²) in [6.07, 6.45) is 11.0. The Hall–Kier alpha value is -1.02. The van der Waals surface area contributed by atoms with Gasteiger partial charge in [-0.2, -0.15) is 0 Å². The maximum atomic E-state index is 3.78. The van der Waals surface area contributed by atoms with Gasteiger partial charge in [0.05, 0.1) is 0 Å². The Morgan fingerprint density at radius 2 is 1.90 bits per heavy atom. The first-order chi connectivity index (χ1) is 9.83. The van der Waals surface area contributed by atoms with E-state index in [-0.39, 0.29) is 0 Å². The van der Waals surface area contributed by atoms with Crippen LogP contribution in [0.2, 0.25) is 0 Å². The van der Waals surface area contributed by atoms with Gasteiger partial charge < -0.3 is 10.2 Å². The van der Waals surface area contributed by atoms with E-state index >= 15 is 0 Å². The van der Waals surface area contributed by atoms with Gasteiger partial charge in [0.15, 0.2) is 0 Å². The zero-order chi connectivity index (χ0) is 13.8. The van der Waals surface area contributed by atoms with Crippen LogP contribution in [-0.2, 0) is 13.0 Å². The normalized spacial score (nSPS) is 20.6. The largest absolute Gasteiger partial charge is 0.374 e. The van der Waals surface area contributed by atoms with Crippen molar-refractivity contribution < 1.29 is 0 Å². The maximum absolute atomic E-state index is 3.78. The van der Waals surface area contributed by atoms with E-state index in [1.54, 1.807) is 5.56 Å². The molecule has 0 bridgehead atoms. The van der Waals surface area contributed by atoms with Crippen molar-refractivity contribution >= 4 is 5.69 Å². The molecule has 1 heterocycles. The fourth-order valence-electron chi connectivity index (χ4n) is 3.69. The summed E-state index contributed by atoms with van der Waals surface area (Å²) in [4.78, 5) is 2.39. The number of aryl methyl sites for hydroxylation is 1. The number of hydrogen-bond donors (Lipinski definition) is 1. The zero-order valence-electron chi connectivity index (χ0n) is 12.8. The molecule has 1 N–H and O–H groups in total. The van der Waals surface area contributed by atoms with Crippen LogP contribution in [0.15, 0.2) is 18.2 Å². The lowest BCUT2D eigenvalue weighted by Crippen LogP contribution is -2.28.